The lowest BCUT2D eigenvalue weighted by atomic mass is 10.0. The Balaban J connectivity index is 1.48. The lowest BCUT2D eigenvalue weighted by Crippen LogP contribution is -2.50. The van der Waals surface area contributed by atoms with Gasteiger partial charge in [-0.1, -0.05) is 51.1 Å². The van der Waals surface area contributed by atoms with Crippen molar-refractivity contribution < 1.29 is 9.59 Å². The van der Waals surface area contributed by atoms with Crippen molar-refractivity contribution >= 4 is 17.5 Å². The van der Waals surface area contributed by atoms with Crippen molar-refractivity contribution in [1.29, 1.82) is 0 Å². The molecule has 5 nitrogen and oxygen atoms in total. The number of hydrogen-bond donors (Lipinski definition) is 1. The summed E-state index contributed by atoms with van der Waals surface area (Å²) in [6.07, 6.45) is 1.91. The van der Waals surface area contributed by atoms with Crippen molar-refractivity contribution in [3.8, 4) is 0 Å². The maximum absolute atomic E-state index is 12.8. The third-order valence-electron chi connectivity index (χ3n) is 5.54. The monoisotopic (exact) mass is 407 g/mol. The van der Waals surface area contributed by atoms with Crippen LogP contribution in [0.15, 0.2) is 48.5 Å². The first-order chi connectivity index (χ1) is 14.5. The number of aryl methyl sites for hydroxylation is 1. The van der Waals surface area contributed by atoms with E-state index in [2.05, 4.69) is 43.1 Å². The van der Waals surface area contributed by atoms with Crippen LogP contribution in [0.3, 0.4) is 0 Å². The molecule has 1 saturated heterocycles. The molecule has 1 N–H and O–H groups in total. The number of anilines is 1. The molecule has 1 fully saturated rings. The van der Waals surface area contributed by atoms with Crippen LogP contribution < -0.4 is 5.32 Å². The number of amides is 2. The highest BCUT2D eigenvalue weighted by molar-refractivity contribution is 5.94. The van der Waals surface area contributed by atoms with Crippen LogP contribution in [0.1, 0.15) is 42.3 Å². The summed E-state index contributed by atoms with van der Waals surface area (Å²) in [7, 11) is 0. The van der Waals surface area contributed by atoms with Crippen LogP contribution in [0, 0.1) is 5.92 Å². The van der Waals surface area contributed by atoms with Crippen molar-refractivity contribution in [1.82, 2.24) is 9.80 Å². The molecule has 3 rings (SSSR count). The highest BCUT2D eigenvalue weighted by atomic mass is 16.2. The maximum atomic E-state index is 12.8. The zero-order valence-corrected chi connectivity index (χ0v) is 18.4. The third-order valence-corrected chi connectivity index (χ3v) is 5.54. The zero-order chi connectivity index (χ0) is 21.5. The molecule has 5 heteroatoms. The number of hydrogen-bond acceptors (Lipinski definition) is 3. The second-order valence-corrected chi connectivity index (χ2v) is 8.42. The molecular weight excluding hydrogens is 374 g/mol. The number of piperazine rings is 1. The van der Waals surface area contributed by atoms with Gasteiger partial charge in [0.05, 0.1) is 6.54 Å². The molecule has 0 radical (unpaired) electrons. The topological polar surface area (TPSA) is 52.7 Å². The van der Waals surface area contributed by atoms with Gasteiger partial charge in [-0.3, -0.25) is 14.5 Å². The number of nitrogens with one attached hydrogen (secondary N) is 1. The molecule has 1 aliphatic rings. The van der Waals surface area contributed by atoms with Crippen LogP contribution in [-0.4, -0.2) is 54.3 Å². The smallest absolute Gasteiger partial charge is 0.253 e. The van der Waals surface area contributed by atoms with Crippen molar-refractivity contribution in [2.75, 3.05) is 38.0 Å². The maximum Gasteiger partial charge on any atom is 0.253 e. The number of benzene rings is 2. The van der Waals surface area contributed by atoms with Gasteiger partial charge in [0.25, 0.3) is 5.91 Å². The van der Waals surface area contributed by atoms with Gasteiger partial charge in [0, 0.05) is 37.4 Å². The van der Waals surface area contributed by atoms with Gasteiger partial charge in [-0.2, -0.15) is 0 Å². The van der Waals surface area contributed by atoms with Crippen LogP contribution in [0.2, 0.25) is 0 Å². The van der Waals surface area contributed by atoms with E-state index in [4.69, 9.17) is 0 Å². The Kier molecular flexibility index (Phi) is 7.63. The van der Waals surface area contributed by atoms with Crippen molar-refractivity contribution in [3.63, 3.8) is 0 Å². The minimum absolute atomic E-state index is 0.00332. The molecule has 2 amide bonds. The van der Waals surface area contributed by atoms with Crippen LogP contribution in [0.25, 0.3) is 0 Å². The Morgan fingerprint density at radius 1 is 0.967 bits per heavy atom. The molecule has 30 heavy (non-hydrogen) atoms. The summed E-state index contributed by atoms with van der Waals surface area (Å²) in [5.41, 5.74) is 4.03. The standard InChI is InChI=1S/C25H33N3O2/c1-4-21-7-5-6-8-23(21)26-24(29)18-27-13-15-28(16-14-27)25(30)22-11-9-20(10-12-22)17-19(2)3/h5-12,19H,4,13-18H2,1-3H3,(H,26,29). The lowest BCUT2D eigenvalue weighted by Gasteiger charge is -2.34. The van der Waals surface area contributed by atoms with Crippen LogP contribution >= 0.6 is 0 Å². The Morgan fingerprint density at radius 2 is 1.63 bits per heavy atom. The number of para-hydroxylation sites is 1. The van der Waals surface area contributed by atoms with Gasteiger partial charge in [-0.05, 0) is 48.1 Å². The molecular formula is C25H33N3O2. The van der Waals surface area contributed by atoms with E-state index in [1.165, 1.54) is 5.56 Å². The van der Waals surface area contributed by atoms with E-state index in [0.29, 0.717) is 38.6 Å². The summed E-state index contributed by atoms with van der Waals surface area (Å²) >= 11 is 0. The number of carbonyl (C=O) groups is 2. The second-order valence-electron chi connectivity index (χ2n) is 8.42. The van der Waals surface area contributed by atoms with E-state index in [1.807, 2.05) is 41.3 Å². The molecule has 0 aliphatic carbocycles. The Hall–Kier alpha value is -2.66. The first kappa shape index (κ1) is 22.0. The Bertz CT molecular complexity index is 853. The fourth-order valence-electron chi connectivity index (χ4n) is 3.89. The predicted molar refractivity (Wildman–Crippen MR) is 122 cm³/mol. The van der Waals surface area contributed by atoms with Gasteiger partial charge in [0.2, 0.25) is 5.91 Å². The Labute approximate surface area is 180 Å². The molecule has 0 aromatic heterocycles. The van der Waals surface area contributed by atoms with Crippen LogP contribution in [0.4, 0.5) is 5.69 Å². The summed E-state index contributed by atoms with van der Waals surface area (Å²) in [6, 6.07) is 15.9. The summed E-state index contributed by atoms with van der Waals surface area (Å²) in [4.78, 5) is 29.3. The number of nitrogens with zero attached hydrogens (tertiary/aromatic N) is 2. The Morgan fingerprint density at radius 3 is 2.27 bits per heavy atom. The molecule has 0 bridgehead atoms. The predicted octanol–water partition coefficient (Wildman–Crippen LogP) is 3.84. The largest absolute Gasteiger partial charge is 0.336 e. The minimum Gasteiger partial charge on any atom is -0.336 e. The van der Waals surface area contributed by atoms with Crippen LogP contribution in [0.5, 0.6) is 0 Å². The van der Waals surface area contributed by atoms with E-state index in [1.54, 1.807) is 0 Å². The van der Waals surface area contributed by atoms with Crippen molar-refractivity contribution in [2.45, 2.75) is 33.6 Å². The van der Waals surface area contributed by atoms with Crippen molar-refractivity contribution in [3.05, 3.63) is 65.2 Å². The molecule has 0 spiro atoms. The van der Waals surface area contributed by atoms with E-state index in [0.717, 1.165) is 29.7 Å². The van der Waals surface area contributed by atoms with E-state index in [-0.39, 0.29) is 11.8 Å². The first-order valence-electron chi connectivity index (χ1n) is 10.9. The molecule has 0 unspecified atom stereocenters. The SMILES string of the molecule is CCc1ccccc1NC(=O)CN1CCN(C(=O)c2ccc(CC(C)C)cc2)CC1. The number of carbonyl (C=O) groups excluding carboxylic acids is 2. The summed E-state index contributed by atoms with van der Waals surface area (Å²) in [5.74, 6) is 0.677. The number of rotatable bonds is 7. The van der Waals surface area contributed by atoms with Gasteiger partial charge in [-0.25, -0.2) is 0 Å². The fourth-order valence-corrected chi connectivity index (χ4v) is 3.89. The summed E-state index contributed by atoms with van der Waals surface area (Å²) < 4.78 is 0. The van der Waals surface area contributed by atoms with E-state index in [9.17, 15) is 9.59 Å². The van der Waals surface area contributed by atoms with Gasteiger partial charge in [-0.15, -0.1) is 0 Å². The molecule has 160 valence electrons. The van der Waals surface area contributed by atoms with Crippen molar-refractivity contribution in [2.24, 2.45) is 5.92 Å². The normalized spacial score (nSPS) is 14.7. The average Bonchev–Trinajstić information content (AvgIpc) is 2.74. The van der Waals surface area contributed by atoms with Crippen LogP contribution in [-0.2, 0) is 17.6 Å². The highest BCUT2D eigenvalue weighted by Gasteiger charge is 2.23. The lowest BCUT2D eigenvalue weighted by molar-refractivity contribution is -0.117. The summed E-state index contributed by atoms with van der Waals surface area (Å²) in [6.45, 7) is 9.53. The highest BCUT2D eigenvalue weighted by Crippen LogP contribution is 2.16. The minimum atomic E-state index is -0.00332. The molecule has 2 aromatic carbocycles. The fraction of sp³-hybridized carbons (Fsp3) is 0.440. The summed E-state index contributed by atoms with van der Waals surface area (Å²) in [5, 5.41) is 3.03. The third kappa shape index (κ3) is 5.92. The van der Waals surface area contributed by atoms with Gasteiger partial charge in [0.1, 0.15) is 0 Å². The molecule has 0 atom stereocenters. The van der Waals surface area contributed by atoms with Gasteiger partial charge in [0.15, 0.2) is 0 Å². The van der Waals surface area contributed by atoms with Gasteiger partial charge < -0.3 is 10.2 Å². The molecule has 1 aliphatic heterocycles. The molecule has 2 aromatic rings. The molecule has 1 heterocycles. The second kappa shape index (κ2) is 10.4. The first-order valence-corrected chi connectivity index (χ1v) is 10.9. The molecule has 0 saturated carbocycles. The average molecular weight is 408 g/mol. The van der Waals surface area contributed by atoms with Gasteiger partial charge >= 0.3 is 0 Å². The van der Waals surface area contributed by atoms with E-state index >= 15 is 0 Å². The zero-order valence-electron chi connectivity index (χ0n) is 18.4. The van der Waals surface area contributed by atoms with E-state index < -0.39 is 0 Å². The quantitative estimate of drug-likeness (QED) is 0.759.